The molecule has 23 heavy (non-hydrogen) atoms. The van der Waals surface area contributed by atoms with Crippen molar-refractivity contribution < 1.29 is 9.59 Å². The van der Waals surface area contributed by atoms with Gasteiger partial charge in [0.05, 0.1) is 16.6 Å². The number of rotatable bonds is 3. The average molecular weight is 328 g/mol. The fourth-order valence-electron chi connectivity index (χ4n) is 2.43. The van der Waals surface area contributed by atoms with Crippen LogP contribution in [0.3, 0.4) is 0 Å². The van der Waals surface area contributed by atoms with E-state index in [0.29, 0.717) is 22.6 Å². The maximum absolute atomic E-state index is 11.6. The number of nitrogens with zero attached hydrogens (tertiary/aromatic N) is 5. The third-order valence-electron chi connectivity index (χ3n) is 3.63. The van der Waals surface area contributed by atoms with Crippen LogP contribution in [0.1, 0.15) is 11.7 Å². The number of hydrogen-bond donors (Lipinski definition) is 1. The van der Waals surface area contributed by atoms with Crippen molar-refractivity contribution in [1.29, 1.82) is 0 Å². The zero-order valence-electron chi connectivity index (χ0n) is 11.9. The molecule has 1 N–H and O–H groups in total. The molecule has 0 radical (unpaired) electrons. The second-order valence-electron chi connectivity index (χ2n) is 5.18. The minimum atomic E-state index is -0.386. The summed E-state index contributed by atoms with van der Waals surface area (Å²) in [6.07, 6.45) is 6.95. The van der Waals surface area contributed by atoms with Gasteiger partial charge in [-0.1, -0.05) is 0 Å². The molecule has 0 spiro atoms. The van der Waals surface area contributed by atoms with Crippen molar-refractivity contribution in [2.24, 2.45) is 0 Å². The highest BCUT2D eigenvalue weighted by molar-refractivity contribution is 8.18. The molecule has 9 heteroatoms. The normalized spacial score (nSPS) is 20.0. The summed E-state index contributed by atoms with van der Waals surface area (Å²) < 4.78 is 1.92. The van der Waals surface area contributed by atoms with E-state index < -0.39 is 0 Å². The number of thioether (sulfide) groups is 1. The van der Waals surface area contributed by atoms with Gasteiger partial charge >= 0.3 is 0 Å². The molecule has 0 aromatic carbocycles. The second kappa shape index (κ2) is 5.51. The molecule has 2 aromatic rings. The van der Waals surface area contributed by atoms with Crippen molar-refractivity contribution >= 4 is 34.9 Å². The van der Waals surface area contributed by atoms with Crippen LogP contribution in [0.15, 0.2) is 35.6 Å². The number of nitrogens with one attached hydrogen (secondary N) is 1. The summed E-state index contributed by atoms with van der Waals surface area (Å²) >= 11 is 0.877. The highest BCUT2D eigenvalue weighted by Crippen LogP contribution is 2.27. The van der Waals surface area contributed by atoms with Crippen molar-refractivity contribution in [3.05, 3.63) is 41.3 Å². The first-order chi connectivity index (χ1) is 11.2. The molecule has 4 heterocycles. The van der Waals surface area contributed by atoms with E-state index in [2.05, 4.69) is 20.4 Å². The lowest BCUT2D eigenvalue weighted by molar-refractivity contribution is -0.115. The van der Waals surface area contributed by atoms with Crippen LogP contribution in [0.25, 0.3) is 6.08 Å². The van der Waals surface area contributed by atoms with E-state index in [-0.39, 0.29) is 11.1 Å². The van der Waals surface area contributed by atoms with Crippen LogP contribution in [-0.4, -0.2) is 44.0 Å². The number of anilines is 1. The number of carbonyl (C=O) groups excluding carboxylic acids is 2. The van der Waals surface area contributed by atoms with Crippen molar-refractivity contribution in [2.45, 2.75) is 6.04 Å². The predicted octanol–water partition coefficient (Wildman–Crippen LogP) is 1.06. The van der Waals surface area contributed by atoms with Gasteiger partial charge in [-0.2, -0.15) is 5.10 Å². The van der Waals surface area contributed by atoms with E-state index in [4.69, 9.17) is 0 Å². The molecular weight excluding hydrogens is 316 g/mol. The molecule has 8 nitrogen and oxygen atoms in total. The first kappa shape index (κ1) is 13.9. The Bertz CT molecular complexity index is 797. The zero-order chi connectivity index (χ0) is 15.8. The van der Waals surface area contributed by atoms with E-state index in [1.54, 1.807) is 24.5 Å². The molecule has 0 bridgehead atoms. The summed E-state index contributed by atoms with van der Waals surface area (Å²) in [5.41, 5.74) is 0.602. The Balaban J connectivity index is 1.49. The quantitative estimate of drug-likeness (QED) is 0.842. The highest BCUT2D eigenvalue weighted by atomic mass is 32.2. The molecule has 2 amide bonds. The first-order valence-corrected chi connectivity index (χ1v) is 7.83. The van der Waals surface area contributed by atoms with Gasteiger partial charge in [0.2, 0.25) is 5.95 Å². The molecule has 0 saturated carbocycles. The van der Waals surface area contributed by atoms with Crippen LogP contribution in [0.2, 0.25) is 0 Å². The topological polar surface area (TPSA) is 93.0 Å². The Morgan fingerprint density at radius 2 is 2.17 bits per heavy atom. The lowest BCUT2D eigenvalue weighted by atomic mass is 10.1. The lowest BCUT2D eigenvalue weighted by Gasteiger charge is -2.39. The van der Waals surface area contributed by atoms with Crippen LogP contribution in [0.5, 0.6) is 0 Å². The number of aromatic nitrogens is 4. The van der Waals surface area contributed by atoms with E-state index in [9.17, 15) is 9.59 Å². The molecule has 0 unspecified atom stereocenters. The first-order valence-electron chi connectivity index (χ1n) is 7.01. The molecule has 116 valence electrons. The Labute approximate surface area is 135 Å². The minimum absolute atomic E-state index is 0.324. The Morgan fingerprint density at radius 3 is 2.87 bits per heavy atom. The van der Waals surface area contributed by atoms with Gasteiger partial charge in [-0.3, -0.25) is 19.6 Å². The van der Waals surface area contributed by atoms with Gasteiger partial charge < -0.3 is 4.90 Å². The maximum Gasteiger partial charge on any atom is 0.290 e. The molecule has 2 saturated heterocycles. The molecule has 2 fully saturated rings. The third-order valence-corrected chi connectivity index (χ3v) is 4.44. The van der Waals surface area contributed by atoms with Crippen LogP contribution in [0.4, 0.5) is 10.7 Å². The second-order valence-corrected chi connectivity index (χ2v) is 6.19. The Hall–Kier alpha value is -2.68. The van der Waals surface area contributed by atoms with Crippen LogP contribution >= 0.6 is 11.8 Å². The average Bonchev–Trinajstić information content (AvgIpc) is 3.09. The number of hydrogen-bond acceptors (Lipinski definition) is 7. The highest BCUT2D eigenvalue weighted by Gasteiger charge is 2.30. The van der Waals surface area contributed by atoms with Gasteiger partial charge in [0.25, 0.3) is 11.1 Å². The monoisotopic (exact) mass is 328 g/mol. The van der Waals surface area contributed by atoms with Crippen LogP contribution in [0, 0.1) is 0 Å². The summed E-state index contributed by atoms with van der Waals surface area (Å²) in [6, 6.07) is 3.93. The Kier molecular flexibility index (Phi) is 3.34. The van der Waals surface area contributed by atoms with Crippen molar-refractivity contribution in [3.8, 4) is 0 Å². The summed E-state index contributed by atoms with van der Waals surface area (Å²) in [7, 11) is 0. The number of carbonyl (C=O) groups is 2. The van der Waals surface area contributed by atoms with Crippen molar-refractivity contribution in [3.63, 3.8) is 0 Å². The summed E-state index contributed by atoms with van der Waals surface area (Å²) in [5, 5.41) is 6.09. The van der Waals surface area contributed by atoms with Gasteiger partial charge in [0, 0.05) is 31.7 Å². The minimum Gasteiger partial charge on any atom is -0.336 e. The van der Waals surface area contributed by atoms with Gasteiger partial charge in [0.15, 0.2) is 0 Å². The maximum atomic E-state index is 11.6. The van der Waals surface area contributed by atoms with Crippen LogP contribution in [-0.2, 0) is 4.79 Å². The summed E-state index contributed by atoms with van der Waals surface area (Å²) in [5.74, 6) is 0.223. The molecule has 2 aliphatic heterocycles. The van der Waals surface area contributed by atoms with E-state index in [1.165, 1.54) is 0 Å². The number of imide groups is 1. The molecule has 2 aliphatic rings. The van der Waals surface area contributed by atoms with Gasteiger partial charge in [-0.05, 0) is 30.0 Å². The fourth-order valence-corrected chi connectivity index (χ4v) is 3.10. The largest absolute Gasteiger partial charge is 0.336 e. The number of amides is 2. The zero-order valence-corrected chi connectivity index (χ0v) is 12.7. The SMILES string of the molecule is O=C1NC(=O)/C(=C\c2ccnc(N3CC(n4cccn4)C3)n2)S1. The van der Waals surface area contributed by atoms with Crippen LogP contribution < -0.4 is 10.2 Å². The Morgan fingerprint density at radius 1 is 1.30 bits per heavy atom. The molecule has 0 atom stereocenters. The molecule has 0 aliphatic carbocycles. The van der Waals surface area contributed by atoms with Gasteiger partial charge in [-0.15, -0.1) is 0 Å². The van der Waals surface area contributed by atoms with Crippen molar-refractivity contribution in [2.75, 3.05) is 18.0 Å². The van der Waals surface area contributed by atoms with Crippen molar-refractivity contribution in [1.82, 2.24) is 25.1 Å². The standard InChI is InChI=1S/C14H12N6O2S/c21-12-11(23-14(22)18-12)6-9-2-4-15-13(17-9)19-7-10(8-19)20-5-1-3-16-20/h1-6,10H,7-8H2,(H,18,21,22)/b11-6+. The molecular formula is C14H12N6O2S. The summed E-state index contributed by atoms with van der Waals surface area (Å²) in [4.78, 5) is 33.8. The fraction of sp³-hybridized carbons (Fsp3) is 0.214. The smallest absolute Gasteiger partial charge is 0.290 e. The van der Waals surface area contributed by atoms with Gasteiger partial charge in [-0.25, -0.2) is 9.97 Å². The molecule has 2 aromatic heterocycles. The molecule has 4 rings (SSSR count). The lowest BCUT2D eigenvalue weighted by Crippen LogP contribution is -2.48. The predicted molar refractivity (Wildman–Crippen MR) is 84.6 cm³/mol. The van der Waals surface area contributed by atoms with E-state index in [1.807, 2.05) is 21.8 Å². The summed E-state index contributed by atoms with van der Waals surface area (Å²) in [6.45, 7) is 1.57. The third kappa shape index (κ3) is 2.70. The van der Waals surface area contributed by atoms with E-state index >= 15 is 0 Å². The van der Waals surface area contributed by atoms with E-state index in [0.717, 1.165) is 24.9 Å². The van der Waals surface area contributed by atoms with Gasteiger partial charge in [0.1, 0.15) is 0 Å².